The van der Waals surface area contributed by atoms with Gasteiger partial charge in [0.1, 0.15) is 5.60 Å². The number of carbonyl (C=O) groups is 1. The van der Waals surface area contributed by atoms with Crippen molar-refractivity contribution in [3.63, 3.8) is 0 Å². The third kappa shape index (κ3) is 4.85. The molecule has 0 spiro atoms. The molecule has 27 heavy (non-hydrogen) atoms. The van der Waals surface area contributed by atoms with E-state index in [0.717, 1.165) is 6.08 Å². The van der Waals surface area contributed by atoms with Gasteiger partial charge < -0.3 is 9.64 Å². The van der Waals surface area contributed by atoms with Crippen molar-refractivity contribution < 1.29 is 53.4 Å². The maximum absolute atomic E-state index is 15.0. The molecule has 0 saturated heterocycles. The Bertz CT molecular complexity index is 547. The molecular formula is C14H17F10NO2. The van der Waals surface area contributed by atoms with Gasteiger partial charge in [0.05, 0.1) is 0 Å². The second-order valence-electron chi connectivity index (χ2n) is 5.78. The fourth-order valence-corrected chi connectivity index (χ4v) is 2.12. The SMILES string of the molecule is C=CCN(C)C(=O)C(F)(C(F)(F)F)C(C)(CC)OC(F)(F)C(F)C(F)(F)F. The molecule has 1 amide bonds. The molecule has 0 aromatic carbocycles. The van der Waals surface area contributed by atoms with Crippen molar-refractivity contribution in [2.24, 2.45) is 0 Å². The van der Waals surface area contributed by atoms with Gasteiger partial charge in [0.2, 0.25) is 0 Å². The first-order valence-corrected chi connectivity index (χ1v) is 7.22. The van der Waals surface area contributed by atoms with Crippen LogP contribution in [0.2, 0.25) is 0 Å². The summed E-state index contributed by atoms with van der Waals surface area (Å²) in [6.45, 7) is 3.11. The monoisotopic (exact) mass is 421 g/mol. The van der Waals surface area contributed by atoms with Crippen LogP contribution in [-0.4, -0.2) is 60.3 Å². The van der Waals surface area contributed by atoms with Crippen LogP contribution in [0.15, 0.2) is 12.7 Å². The number of carbonyl (C=O) groups excluding carboxylic acids is 1. The van der Waals surface area contributed by atoms with Crippen LogP contribution in [0.3, 0.4) is 0 Å². The zero-order chi connectivity index (χ0) is 22.1. The minimum absolute atomic E-state index is 0.0111. The lowest BCUT2D eigenvalue weighted by Crippen LogP contribution is -2.69. The molecule has 0 radical (unpaired) electrons. The van der Waals surface area contributed by atoms with Gasteiger partial charge in [-0.3, -0.25) is 4.79 Å². The number of likely N-dealkylation sites (N-methyl/N-ethyl adjacent to an activating group) is 1. The van der Waals surface area contributed by atoms with E-state index in [4.69, 9.17) is 0 Å². The Hall–Kier alpha value is -1.53. The molecule has 13 heteroatoms. The first kappa shape index (κ1) is 25.5. The first-order chi connectivity index (χ1) is 11.8. The van der Waals surface area contributed by atoms with Crippen LogP contribution < -0.4 is 0 Å². The van der Waals surface area contributed by atoms with Crippen LogP contribution in [0, 0.1) is 0 Å². The van der Waals surface area contributed by atoms with Crippen LogP contribution in [0.1, 0.15) is 20.3 Å². The Morgan fingerprint density at radius 1 is 1.11 bits per heavy atom. The lowest BCUT2D eigenvalue weighted by molar-refractivity contribution is -0.393. The molecule has 3 atom stereocenters. The number of alkyl halides is 10. The summed E-state index contributed by atoms with van der Waals surface area (Å²) >= 11 is 0. The number of amides is 1. The average Bonchev–Trinajstić information content (AvgIpc) is 2.50. The molecule has 160 valence electrons. The molecule has 0 aromatic heterocycles. The fourth-order valence-electron chi connectivity index (χ4n) is 2.12. The smallest absolute Gasteiger partial charge is 0.339 e. The van der Waals surface area contributed by atoms with Gasteiger partial charge in [0, 0.05) is 13.6 Å². The summed E-state index contributed by atoms with van der Waals surface area (Å²) in [4.78, 5) is 12.1. The van der Waals surface area contributed by atoms with Crippen molar-refractivity contribution >= 4 is 5.91 Å². The first-order valence-electron chi connectivity index (χ1n) is 7.22. The van der Waals surface area contributed by atoms with E-state index in [9.17, 15) is 48.7 Å². The molecular weight excluding hydrogens is 404 g/mol. The van der Waals surface area contributed by atoms with Crippen molar-refractivity contribution in [3.05, 3.63) is 12.7 Å². The normalized spacial score (nSPS) is 19.0. The minimum Gasteiger partial charge on any atom is -0.339 e. The zero-order valence-electron chi connectivity index (χ0n) is 14.3. The van der Waals surface area contributed by atoms with E-state index in [2.05, 4.69) is 11.3 Å². The molecule has 0 saturated carbocycles. The predicted molar refractivity (Wildman–Crippen MR) is 73.4 cm³/mol. The highest BCUT2D eigenvalue weighted by atomic mass is 19.4. The standard InChI is InChI=1S/C14H17F10NO2/c1-5-7-25(4)9(26)11(16,14(22,23)24)10(3,6-2)27-13(20,21)8(15)12(17,18)19/h5,8H,1,6-7H2,2-4H3. The van der Waals surface area contributed by atoms with E-state index in [0.29, 0.717) is 14.0 Å². The molecule has 0 rings (SSSR count). The van der Waals surface area contributed by atoms with Crippen molar-refractivity contribution in [1.29, 1.82) is 0 Å². The number of hydrogen-bond acceptors (Lipinski definition) is 2. The number of nitrogens with zero attached hydrogens (tertiary/aromatic N) is 1. The van der Waals surface area contributed by atoms with E-state index in [1.165, 1.54) is 0 Å². The van der Waals surface area contributed by atoms with Crippen LogP contribution in [0.4, 0.5) is 43.9 Å². The maximum Gasteiger partial charge on any atom is 0.434 e. The van der Waals surface area contributed by atoms with Crippen LogP contribution >= 0.6 is 0 Å². The molecule has 3 nitrogen and oxygen atoms in total. The highest BCUT2D eigenvalue weighted by molar-refractivity contribution is 5.87. The van der Waals surface area contributed by atoms with E-state index in [-0.39, 0.29) is 11.8 Å². The van der Waals surface area contributed by atoms with Crippen LogP contribution in [0.25, 0.3) is 0 Å². The number of halogens is 10. The summed E-state index contributed by atoms with van der Waals surface area (Å²) in [5.74, 6) is -2.42. The third-order valence-corrected chi connectivity index (χ3v) is 3.78. The summed E-state index contributed by atoms with van der Waals surface area (Å²) in [7, 11) is 0.673. The van der Waals surface area contributed by atoms with Gasteiger partial charge in [-0.1, -0.05) is 13.0 Å². The minimum atomic E-state index is -6.21. The van der Waals surface area contributed by atoms with Crippen molar-refractivity contribution in [2.45, 2.75) is 56.2 Å². The van der Waals surface area contributed by atoms with Crippen LogP contribution in [0.5, 0.6) is 0 Å². The summed E-state index contributed by atoms with van der Waals surface area (Å²) in [6, 6.07) is 0. The second-order valence-corrected chi connectivity index (χ2v) is 5.78. The van der Waals surface area contributed by atoms with Gasteiger partial charge in [0.15, 0.2) is 0 Å². The lowest BCUT2D eigenvalue weighted by Gasteiger charge is -2.44. The van der Waals surface area contributed by atoms with E-state index in [1.54, 1.807) is 0 Å². The summed E-state index contributed by atoms with van der Waals surface area (Å²) in [6.07, 6.45) is -23.8. The summed E-state index contributed by atoms with van der Waals surface area (Å²) < 4.78 is 135. The van der Waals surface area contributed by atoms with E-state index >= 15 is 0 Å². The zero-order valence-corrected chi connectivity index (χ0v) is 14.3. The molecule has 0 N–H and O–H groups in total. The van der Waals surface area contributed by atoms with E-state index < -0.39 is 54.8 Å². The maximum atomic E-state index is 15.0. The number of ether oxygens (including phenoxy) is 1. The molecule has 0 aromatic rings. The van der Waals surface area contributed by atoms with Gasteiger partial charge in [-0.05, 0) is 13.3 Å². The average molecular weight is 421 g/mol. The van der Waals surface area contributed by atoms with Gasteiger partial charge in [0.25, 0.3) is 12.1 Å². The fraction of sp³-hybridized carbons (Fsp3) is 0.786. The quantitative estimate of drug-likeness (QED) is 0.424. The largest absolute Gasteiger partial charge is 0.434 e. The van der Waals surface area contributed by atoms with Crippen molar-refractivity contribution in [2.75, 3.05) is 13.6 Å². The Morgan fingerprint density at radius 2 is 1.56 bits per heavy atom. The lowest BCUT2D eigenvalue weighted by atomic mass is 9.81. The molecule has 3 unspecified atom stereocenters. The summed E-state index contributed by atoms with van der Waals surface area (Å²) in [5.41, 5.74) is -9.10. The Kier molecular flexibility index (Phi) is 7.39. The predicted octanol–water partition coefficient (Wildman–Crippen LogP) is 4.58. The van der Waals surface area contributed by atoms with Crippen molar-refractivity contribution in [1.82, 2.24) is 4.90 Å². The molecule has 0 aliphatic carbocycles. The van der Waals surface area contributed by atoms with Crippen molar-refractivity contribution in [3.8, 4) is 0 Å². The Labute approximate surface area is 147 Å². The third-order valence-electron chi connectivity index (χ3n) is 3.78. The molecule has 0 fully saturated rings. The van der Waals surface area contributed by atoms with Gasteiger partial charge in [-0.2, -0.15) is 35.1 Å². The van der Waals surface area contributed by atoms with Gasteiger partial charge in [-0.15, -0.1) is 6.58 Å². The van der Waals surface area contributed by atoms with Gasteiger partial charge in [-0.25, -0.2) is 8.78 Å². The van der Waals surface area contributed by atoms with E-state index in [1.807, 2.05) is 0 Å². The number of hydrogen-bond donors (Lipinski definition) is 0. The Morgan fingerprint density at radius 3 is 1.85 bits per heavy atom. The Balaban J connectivity index is 6.34. The summed E-state index contributed by atoms with van der Waals surface area (Å²) in [5, 5.41) is 0. The van der Waals surface area contributed by atoms with Gasteiger partial charge >= 0.3 is 24.1 Å². The molecule has 0 bridgehead atoms. The van der Waals surface area contributed by atoms with Crippen LogP contribution in [-0.2, 0) is 9.53 Å². The topological polar surface area (TPSA) is 29.5 Å². The highest BCUT2D eigenvalue weighted by Crippen LogP contribution is 2.50. The second kappa shape index (κ2) is 7.84. The molecule has 0 heterocycles. The molecule has 0 aliphatic rings. The number of rotatable bonds is 8. The highest BCUT2D eigenvalue weighted by Gasteiger charge is 2.75. The molecule has 0 aliphatic heterocycles.